The fraction of sp³-hybridized carbons (Fsp3) is 0.296. The molecular weight excluding hydrogens is 460 g/mol. The molecule has 1 amide bonds. The van der Waals surface area contributed by atoms with Crippen LogP contribution in [0.1, 0.15) is 48.5 Å². The summed E-state index contributed by atoms with van der Waals surface area (Å²) in [4.78, 5) is 26.6. The zero-order chi connectivity index (χ0) is 26.2. The predicted molar refractivity (Wildman–Crippen MR) is 132 cm³/mol. The Kier molecular flexibility index (Phi) is 6.37. The maximum absolute atomic E-state index is 13.6. The third kappa shape index (κ3) is 4.33. The molecule has 0 radical (unpaired) electrons. The average Bonchev–Trinajstić information content (AvgIpc) is 2.84. The Morgan fingerprint density at radius 3 is 2.42 bits per heavy atom. The fourth-order valence-corrected chi connectivity index (χ4v) is 4.78. The number of nitrogens with one attached hydrogen (secondary N) is 1. The van der Waals surface area contributed by atoms with E-state index in [0.29, 0.717) is 34.8 Å². The molecule has 9 nitrogen and oxygen atoms in total. The van der Waals surface area contributed by atoms with E-state index in [1.165, 1.54) is 43.5 Å². The Balaban J connectivity index is 1.86. The van der Waals surface area contributed by atoms with E-state index in [0.717, 1.165) is 0 Å². The highest BCUT2D eigenvalue weighted by atomic mass is 16.5. The van der Waals surface area contributed by atoms with Gasteiger partial charge >= 0.3 is 0 Å². The van der Waals surface area contributed by atoms with Crippen LogP contribution in [0.15, 0.2) is 65.1 Å². The van der Waals surface area contributed by atoms with Gasteiger partial charge in [-0.1, -0.05) is 19.9 Å². The summed E-state index contributed by atoms with van der Waals surface area (Å²) in [6.45, 7) is 3.94. The van der Waals surface area contributed by atoms with E-state index >= 15 is 0 Å². The number of amides is 1. The first-order valence-electron chi connectivity index (χ1n) is 11.4. The number of carbonyl (C=O) groups is 2. The molecule has 2 aromatic rings. The summed E-state index contributed by atoms with van der Waals surface area (Å²) < 4.78 is 10.8. The molecule has 1 aliphatic carbocycles. The number of aromatic hydroxyl groups is 1. The van der Waals surface area contributed by atoms with Crippen LogP contribution < -0.4 is 20.6 Å². The van der Waals surface area contributed by atoms with Crippen molar-refractivity contribution in [3.8, 4) is 23.3 Å². The summed E-state index contributed by atoms with van der Waals surface area (Å²) >= 11 is 0. The lowest BCUT2D eigenvalue weighted by Gasteiger charge is -2.43. The van der Waals surface area contributed by atoms with E-state index in [2.05, 4.69) is 11.5 Å². The van der Waals surface area contributed by atoms with Crippen molar-refractivity contribution in [1.82, 2.24) is 10.4 Å². The molecule has 1 heterocycles. The SMILES string of the molecule is COc1ccc(C2C(C#N)=C(N)N(NC(=O)c3ccc(O)cc3)C3=C2C(=O)CC(C)(C)C3)cc1OC. The van der Waals surface area contributed by atoms with Gasteiger partial charge in [0.25, 0.3) is 5.91 Å². The summed E-state index contributed by atoms with van der Waals surface area (Å²) in [7, 11) is 3.04. The number of ether oxygens (including phenoxy) is 2. The van der Waals surface area contributed by atoms with E-state index in [1.807, 2.05) is 13.8 Å². The lowest BCUT2D eigenvalue weighted by molar-refractivity contribution is -0.118. The van der Waals surface area contributed by atoms with E-state index in [-0.39, 0.29) is 40.3 Å². The Morgan fingerprint density at radius 2 is 1.81 bits per heavy atom. The summed E-state index contributed by atoms with van der Waals surface area (Å²) in [5.74, 6) is -0.310. The Bertz CT molecular complexity index is 1330. The van der Waals surface area contributed by atoms with Crippen molar-refractivity contribution in [3.63, 3.8) is 0 Å². The Morgan fingerprint density at radius 1 is 1.14 bits per heavy atom. The molecule has 0 saturated carbocycles. The number of Topliss-reactive ketones (excluding diaryl/α,β-unsaturated/α-hetero) is 1. The normalized spacial score (nSPS) is 18.9. The molecule has 0 fully saturated rings. The highest BCUT2D eigenvalue weighted by Gasteiger charge is 2.45. The van der Waals surface area contributed by atoms with Gasteiger partial charge < -0.3 is 20.3 Å². The van der Waals surface area contributed by atoms with Crippen LogP contribution in [0, 0.1) is 16.7 Å². The van der Waals surface area contributed by atoms with Gasteiger partial charge in [-0.15, -0.1) is 0 Å². The molecule has 2 aromatic carbocycles. The van der Waals surface area contributed by atoms with Gasteiger partial charge in [0.05, 0.1) is 37.5 Å². The number of carbonyl (C=O) groups excluding carboxylic acids is 2. The van der Waals surface area contributed by atoms with Crippen molar-refractivity contribution in [2.45, 2.75) is 32.6 Å². The monoisotopic (exact) mass is 488 g/mol. The maximum Gasteiger partial charge on any atom is 0.270 e. The predicted octanol–water partition coefficient (Wildman–Crippen LogP) is 3.49. The number of nitrogens with two attached hydrogens (primary N) is 1. The van der Waals surface area contributed by atoms with Crippen LogP contribution in [0.5, 0.6) is 17.2 Å². The summed E-state index contributed by atoms with van der Waals surface area (Å²) in [5, 5.41) is 21.1. The minimum Gasteiger partial charge on any atom is -0.508 e. The van der Waals surface area contributed by atoms with Gasteiger partial charge in [0.2, 0.25) is 0 Å². The van der Waals surface area contributed by atoms with E-state index in [9.17, 15) is 20.0 Å². The number of benzene rings is 2. The molecule has 1 atom stereocenters. The van der Waals surface area contributed by atoms with Gasteiger partial charge in [-0.3, -0.25) is 15.0 Å². The van der Waals surface area contributed by atoms with Crippen LogP contribution in [0.4, 0.5) is 0 Å². The Hall–Kier alpha value is -4.45. The molecule has 4 N–H and O–H groups in total. The van der Waals surface area contributed by atoms with Crippen molar-refractivity contribution in [2.24, 2.45) is 11.1 Å². The third-order valence-electron chi connectivity index (χ3n) is 6.46. The van der Waals surface area contributed by atoms with Crippen LogP contribution >= 0.6 is 0 Å². The molecule has 0 spiro atoms. The summed E-state index contributed by atoms with van der Waals surface area (Å²) in [5.41, 5.74) is 10.9. The first-order chi connectivity index (χ1) is 17.1. The number of nitrogens with zero attached hydrogens (tertiary/aromatic N) is 2. The van der Waals surface area contributed by atoms with Crippen molar-refractivity contribution in [2.75, 3.05) is 14.2 Å². The molecule has 0 bridgehead atoms. The van der Waals surface area contributed by atoms with Crippen LogP contribution in [0.2, 0.25) is 0 Å². The number of ketones is 1. The number of hydrogen-bond donors (Lipinski definition) is 3. The number of rotatable bonds is 5. The quantitative estimate of drug-likeness (QED) is 0.581. The lowest BCUT2D eigenvalue weighted by atomic mass is 9.69. The van der Waals surface area contributed by atoms with E-state index < -0.39 is 11.8 Å². The summed E-state index contributed by atoms with van der Waals surface area (Å²) in [6.07, 6.45) is 0.737. The van der Waals surface area contributed by atoms with Crippen molar-refractivity contribution >= 4 is 11.7 Å². The van der Waals surface area contributed by atoms with Crippen molar-refractivity contribution in [1.29, 1.82) is 5.26 Å². The number of allylic oxidation sites excluding steroid dienone is 3. The van der Waals surface area contributed by atoms with Crippen LogP contribution in [0.3, 0.4) is 0 Å². The number of hydrogen-bond acceptors (Lipinski definition) is 8. The highest BCUT2D eigenvalue weighted by Crippen LogP contribution is 2.49. The van der Waals surface area contributed by atoms with Gasteiger partial charge in [-0.25, -0.2) is 5.01 Å². The number of phenolic OH excluding ortho intramolecular Hbond substituents is 1. The van der Waals surface area contributed by atoms with Crippen molar-refractivity contribution < 1.29 is 24.2 Å². The maximum atomic E-state index is 13.6. The molecule has 0 saturated heterocycles. The topological polar surface area (TPSA) is 138 Å². The van der Waals surface area contributed by atoms with Gasteiger partial charge in [0, 0.05) is 17.6 Å². The molecule has 1 unspecified atom stereocenters. The molecular formula is C27H28N4O5. The van der Waals surface area contributed by atoms with Gasteiger partial charge in [0.15, 0.2) is 17.3 Å². The largest absolute Gasteiger partial charge is 0.508 e. The molecule has 1 aliphatic heterocycles. The van der Waals surface area contributed by atoms with E-state index in [1.54, 1.807) is 18.2 Å². The second-order valence-corrected chi connectivity index (χ2v) is 9.58. The first kappa shape index (κ1) is 24.7. The lowest BCUT2D eigenvalue weighted by Crippen LogP contribution is -2.49. The first-order valence-corrected chi connectivity index (χ1v) is 11.4. The third-order valence-corrected chi connectivity index (χ3v) is 6.46. The van der Waals surface area contributed by atoms with Crippen LogP contribution in [-0.4, -0.2) is 36.0 Å². The van der Waals surface area contributed by atoms with E-state index in [4.69, 9.17) is 15.2 Å². The zero-order valence-corrected chi connectivity index (χ0v) is 20.6. The smallest absolute Gasteiger partial charge is 0.270 e. The molecule has 36 heavy (non-hydrogen) atoms. The second kappa shape index (κ2) is 9.30. The number of hydrazine groups is 1. The molecule has 0 aromatic heterocycles. The van der Waals surface area contributed by atoms with Crippen LogP contribution in [-0.2, 0) is 4.79 Å². The number of phenols is 1. The average molecular weight is 489 g/mol. The minimum atomic E-state index is -0.727. The second-order valence-electron chi connectivity index (χ2n) is 9.58. The van der Waals surface area contributed by atoms with Crippen LogP contribution in [0.25, 0.3) is 0 Å². The Labute approximate surface area is 209 Å². The van der Waals surface area contributed by atoms with Gasteiger partial charge in [-0.2, -0.15) is 5.26 Å². The fourth-order valence-electron chi connectivity index (χ4n) is 4.78. The zero-order valence-electron chi connectivity index (χ0n) is 20.6. The highest BCUT2D eigenvalue weighted by molar-refractivity contribution is 6.01. The van der Waals surface area contributed by atoms with Gasteiger partial charge in [-0.05, 0) is 53.8 Å². The standard InChI is InChI=1S/C27H28N4O5/c1-27(2)12-19-24(20(33)13-27)23(16-7-10-21(35-3)22(11-16)36-4)18(14-28)25(29)31(19)30-26(34)15-5-8-17(32)9-6-15/h5-11,23,32H,12-13,29H2,1-4H3,(H,30,34). The molecule has 186 valence electrons. The number of methoxy groups -OCH3 is 2. The molecule has 9 heteroatoms. The van der Waals surface area contributed by atoms with Gasteiger partial charge in [0.1, 0.15) is 11.6 Å². The molecule has 4 rings (SSSR count). The minimum absolute atomic E-state index is 0.0260. The molecule has 2 aliphatic rings. The summed E-state index contributed by atoms with van der Waals surface area (Å²) in [6, 6.07) is 13.1. The van der Waals surface area contributed by atoms with Crippen molar-refractivity contribution in [3.05, 3.63) is 76.3 Å². The number of nitriles is 1.